The van der Waals surface area contributed by atoms with Crippen LogP contribution in [0.25, 0.3) is 0 Å². The van der Waals surface area contributed by atoms with Crippen molar-refractivity contribution in [2.24, 2.45) is 0 Å². The second-order valence-electron chi connectivity index (χ2n) is 1.49. The van der Waals surface area contributed by atoms with Crippen LogP contribution in [-0.2, 0) is 8.54 Å². The third kappa shape index (κ3) is 6.35. The summed E-state index contributed by atoms with van der Waals surface area (Å²) in [5.74, 6) is 0. The Kier molecular flexibility index (Phi) is 7.68. The van der Waals surface area contributed by atoms with E-state index in [1.54, 1.807) is 0 Å². The minimum atomic E-state index is -0.175. The van der Waals surface area contributed by atoms with Gasteiger partial charge >= 0.3 is 10.0 Å². The molecule has 0 spiro atoms. The molecule has 0 aliphatic carbocycles. The molecule has 0 aliphatic rings. The van der Waals surface area contributed by atoms with E-state index in [0.29, 0.717) is 0 Å². The maximum Gasteiger partial charge on any atom is 0.353 e. The van der Waals surface area contributed by atoms with Crippen LogP contribution in [0.2, 0.25) is 0 Å². The Balaban J connectivity index is 2.53. The molecule has 0 heterocycles. The van der Waals surface area contributed by atoms with E-state index in [0.717, 1.165) is 13.0 Å². The van der Waals surface area contributed by atoms with Gasteiger partial charge in [-0.2, -0.15) is 0 Å². The molecule has 0 rings (SSSR count). The van der Waals surface area contributed by atoms with Gasteiger partial charge in [0, 0.05) is 6.61 Å². The van der Waals surface area contributed by atoms with Gasteiger partial charge in [-0.25, -0.2) is 0 Å². The average Bonchev–Trinajstić information content (AvgIpc) is 1.81. The normalized spacial score (nSPS) is 9.75. The SMILES string of the molecule is CCCCO[SiH]O[SiH2]. The molecule has 2 radical (unpaired) electrons. The molecule has 0 unspecified atom stereocenters. The van der Waals surface area contributed by atoms with E-state index in [1.807, 2.05) is 0 Å². The third-order valence-electron chi connectivity index (χ3n) is 0.752. The molecule has 0 atom stereocenters. The summed E-state index contributed by atoms with van der Waals surface area (Å²) in [5, 5.41) is 0. The van der Waals surface area contributed by atoms with Crippen LogP contribution in [0.5, 0.6) is 0 Å². The smallest absolute Gasteiger partial charge is 0.353 e. The first-order valence-corrected chi connectivity index (χ1v) is 4.28. The van der Waals surface area contributed by atoms with Crippen LogP contribution in [-0.4, -0.2) is 27.1 Å². The largest absolute Gasteiger partial charge is 0.443 e. The molecule has 0 aromatic rings. The van der Waals surface area contributed by atoms with Crippen LogP contribution in [0.15, 0.2) is 0 Å². The van der Waals surface area contributed by atoms with Gasteiger partial charge < -0.3 is 8.54 Å². The fourth-order valence-electron chi connectivity index (χ4n) is 0.324. The Morgan fingerprint density at radius 2 is 2.38 bits per heavy atom. The van der Waals surface area contributed by atoms with Gasteiger partial charge in [-0.05, 0) is 6.42 Å². The molecule has 0 saturated carbocycles. The van der Waals surface area contributed by atoms with Crippen molar-refractivity contribution in [3.63, 3.8) is 0 Å². The van der Waals surface area contributed by atoms with E-state index >= 15 is 0 Å². The highest BCUT2D eigenvalue weighted by Gasteiger charge is 1.84. The van der Waals surface area contributed by atoms with Gasteiger partial charge in [-0.1, -0.05) is 13.3 Å². The van der Waals surface area contributed by atoms with Gasteiger partial charge in [-0.15, -0.1) is 0 Å². The highest BCUT2D eigenvalue weighted by molar-refractivity contribution is 6.27. The second-order valence-corrected chi connectivity index (χ2v) is 3.35. The highest BCUT2D eigenvalue weighted by Crippen LogP contribution is 1.85. The fourth-order valence-corrected chi connectivity index (χ4v) is 0.972. The highest BCUT2D eigenvalue weighted by atomic mass is 28.3. The van der Waals surface area contributed by atoms with Gasteiger partial charge in [0.2, 0.25) is 0 Å². The molecule has 0 amide bonds. The van der Waals surface area contributed by atoms with Crippen LogP contribution in [0.1, 0.15) is 19.8 Å². The van der Waals surface area contributed by atoms with E-state index in [-0.39, 0.29) is 10.0 Å². The monoisotopic (exact) mass is 148 g/mol. The zero-order valence-electron chi connectivity index (χ0n) is 5.22. The summed E-state index contributed by atoms with van der Waals surface area (Å²) in [7, 11) is 1.32. The van der Waals surface area contributed by atoms with Gasteiger partial charge in [-0.3, -0.25) is 0 Å². The lowest BCUT2D eigenvalue weighted by Gasteiger charge is -1.97. The molecule has 0 aliphatic heterocycles. The summed E-state index contributed by atoms with van der Waals surface area (Å²) in [5.41, 5.74) is 0. The molecule has 0 bridgehead atoms. The standard InChI is InChI=1S/C4H12O2Si2/c1-2-3-4-5-8-6-7/h8H,2-4,7H2,1H3. The first-order chi connectivity index (χ1) is 3.91. The van der Waals surface area contributed by atoms with Crippen molar-refractivity contribution in [3.05, 3.63) is 0 Å². The molecule has 2 nitrogen and oxygen atoms in total. The van der Waals surface area contributed by atoms with Gasteiger partial charge in [0.25, 0.3) is 0 Å². The fraction of sp³-hybridized carbons (Fsp3) is 1.00. The Bertz CT molecular complexity index is 37.0. The number of hydrogen-bond donors (Lipinski definition) is 0. The summed E-state index contributed by atoms with van der Waals surface area (Å²) in [6.45, 7) is 3.01. The molecular weight excluding hydrogens is 136 g/mol. The predicted octanol–water partition coefficient (Wildman–Crippen LogP) is -0.366. The predicted molar refractivity (Wildman–Crippen MR) is 37.6 cm³/mol. The van der Waals surface area contributed by atoms with Crippen LogP contribution < -0.4 is 0 Å². The van der Waals surface area contributed by atoms with Crippen molar-refractivity contribution in [3.8, 4) is 0 Å². The van der Waals surface area contributed by atoms with Crippen LogP contribution >= 0.6 is 0 Å². The van der Waals surface area contributed by atoms with Crippen molar-refractivity contribution in [2.75, 3.05) is 6.61 Å². The number of rotatable bonds is 5. The van der Waals surface area contributed by atoms with Crippen molar-refractivity contribution in [2.45, 2.75) is 19.8 Å². The van der Waals surface area contributed by atoms with E-state index in [9.17, 15) is 0 Å². The molecule has 0 saturated heterocycles. The first-order valence-electron chi connectivity index (χ1n) is 2.76. The Hall–Kier alpha value is 0.354. The zero-order chi connectivity index (χ0) is 6.24. The van der Waals surface area contributed by atoms with Crippen molar-refractivity contribution in [1.29, 1.82) is 0 Å². The lowest BCUT2D eigenvalue weighted by Crippen LogP contribution is -2.02. The summed E-state index contributed by atoms with van der Waals surface area (Å²) in [6.07, 6.45) is 2.35. The molecular formula is C4H12O2Si2. The lowest BCUT2D eigenvalue weighted by molar-refractivity contribution is 0.288. The third-order valence-corrected chi connectivity index (χ3v) is 1.67. The Labute approximate surface area is 56.2 Å². The van der Waals surface area contributed by atoms with Crippen molar-refractivity contribution in [1.82, 2.24) is 0 Å². The molecule has 48 valence electrons. The van der Waals surface area contributed by atoms with E-state index in [2.05, 4.69) is 6.92 Å². The van der Waals surface area contributed by atoms with Crippen LogP contribution in [0, 0.1) is 0 Å². The number of unbranched alkanes of at least 4 members (excludes halogenated alkanes) is 1. The molecule has 8 heavy (non-hydrogen) atoms. The summed E-state index contributed by atoms with van der Waals surface area (Å²) < 4.78 is 9.87. The maximum atomic E-state index is 5.09. The second kappa shape index (κ2) is 7.35. The molecule has 0 aromatic carbocycles. The first kappa shape index (κ1) is 8.35. The van der Waals surface area contributed by atoms with Crippen LogP contribution in [0.3, 0.4) is 0 Å². The maximum absolute atomic E-state index is 5.09. The minimum Gasteiger partial charge on any atom is -0.443 e. The summed E-state index contributed by atoms with van der Waals surface area (Å²) in [4.78, 5) is 0. The topological polar surface area (TPSA) is 18.5 Å². The van der Waals surface area contributed by atoms with Gasteiger partial charge in [0.15, 0.2) is 10.5 Å². The minimum absolute atomic E-state index is 0.175. The Morgan fingerprint density at radius 1 is 1.62 bits per heavy atom. The van der Waals surface area contributed by atoms with Gasteiger partial charge in [0.1, 0.15) is 0 Å². The summed E-state index contributed by atoms with van der Waals surface area (Å²) >= 11 is 0. The van der Waals surface area contributed by atoms with Crippen molar-refractivity contribution >= 4 is 20.5 Å². The van der Waals surface area contributed by atoms with Crippen LogP contribution in [0.4, 0.5) is 0 Å². The molecule has 4 heteroatoms. The lowest BCUT2D eigenvalue weighted by atomic mass is 10.4. The van der Waals surface area contributed by atoms with Crippen molar-refractivity contribution < 1.29 is 8.54 Å². The van der Waals surface area contributed by atoms with E-state index < -0.39 is 0 Å². The molecule has 0 N–H and O–H groups in total. The van der Waals surface area contributed by atoms with E-state index in [1.165, 1.54) is 16.9 Å². The Morgan fingerprint density at radius 3 is 2.88 bits per heavy atom. The number of hydrogen-bond acceptors (Lipinski definition) is 2. The molecule has 0 fully saturated rings. The quantitative estimate of drug-likeness (QED) is 0.391. The molecule has 0 aromatic heterocycles. The average molecular weight is 148 g/mol. The summed E-state index contributed by atoms with van der Waals surface area (Å²) in [6, 6.07) is 0. The van der Waals surface area contributed by atoms with Gasteiger partial charge in [0.05, 0.1) is 0 Å². The van der Waals surface area contributed by atoms with E-state index in [4.69, 9.17) is 8.54 Å². The zero-order valence-corrected chi connectivity index (χ0v) is 7.79.